The molecule has 0 unspecified atom stereocenters. The maximum absolute atomic E-state index is 12.5. The second kappa shape index (κ2) is 6.96. The maximum atomic E-state index is 12.5. The Bertz CT molecular complexity index is 839. The van der Waals surface area contributed by atoms with Gasteiger partial charge in [-0.15, -0.1) is 0 Å². The summed E-state index contributed by atoms with van der Waals surface area (Å²) in [4.78, 5) is 41.3. The van der Waals surface area contributed by atoms with Crippen molar-refractivity contribution in [3.8, 4) is 0 Å². The van der Waals surface area contributed by atoms with E-state index < -0.39 is 11.5 Å². The number of piperidine rings is 1. The first-order chi connectivity index (χ1) is 12.0. The molecule has 1 saturated heterocycles. The summed E-state index contributed by atoms with van der Waals surface area (Å²) in [6.45, 7) is 4.53. The molecule has 25 heavy (non-hydrogen) atoms. The molecule has 7 nitrogen and oxygen atoms in total. The standard InChI is InChI=1S/C18H21N3O4/c1-11-9-12(2)19-16(22)15(11)17(23)20-13-5-3-7-21(10-13)18(24)14-6-4-8-25-14/h4,6,8-9,13H,3,5,7,10H2,1-2H3,(H,19,22)(H,20,23)/t13-/m1/s1. The van der Waals surface area contributed by atoms with Gasteiger partial charge < -0.3 is 19.6 Å². The van der Waals surface area contributed by atoms with Crippen molar-refractivity contribution >= 4 is 11.8 Å². The number of aromatic amines is 1. The van der Waals surface area contributed by atoms with E-state index in [-0.39, 0.29) is 23.3 Å². The third kappa shape index (κ3) is 3.65. The monoisotopic (exact) mass is 343 g/mol. The van der Waals surface area contributed by atoms with Gasteiger partial charge in [0.1, 0.15) is 5.56 Å². The summed E-state index contributed by atoms with van der Waals surface area (Å²) < 4.78 is 5.15. The molecular formula is C18H21N3O4. The van der Waals surface area contributed by atoms with Gasteiger partial charge in [0.2, 0.25) is 0 Å². The van der Waals surface area contributed by atoms with Gasteiger partial charge in [0.15, 0.2) is 5.76 Å². The molecule has 2 N–H and O–H groups in total. The zero-order valence-corrected chi connectivity index (χ0v) is 14.3. The molecule has 2 amide bonds. The van der Waals surface area contributed by atoms with Gasteiger partial charge in [0.05, 0.1) is 6.26 Å². The van der Waals surface area contributed by atoms with E-state index >= 15 is 0 Å². The maximum Gasteiger partial charge on any atom is 0.289 e. The number of H-pyrrole nitrogens is 1. The summed E-state index contributed by atoms with van der Waals surface area (Å²) in [6.07, 6.45) is 3.00. The number of carbonyl (C=O) groups excluding carboxylic acids is 2. The quantitative estimate of drug-likeness (QED) is 0.885. The topological polar surface area (TPSA) is 95.4 Å². The number of furan rings is 1. The van der Waals surface area contributed by atoms with Gasteiger partial charge in [0, 0.05) is 24.8 Å². The average molecular weight is 343 g/mol. The Kier molecular flexibility index (Phi) is 4.74. The Morgan fingerprint density at radius 2 is 2.16 bits per heavy atom. The number of nitrogens with one attached hydrogen (secondary N) is 2. The lowest BCUT2D eigenvalue weighted by Crippen LogP contribution is -2.50. The van der Waals surface area contributed by atoms with Crippen LogP contribution in [-0.4, -0.2) is 40.8 Å². The van der Waals surface area contributed by atoms with Crippen LogP contribution < -0.4 is 10.9 Å². The highest BCUT2D eigenvalue weighted by Gasteiger charge is 2.27. The van der Waals surface area contributed by atoms with E-state index in [2.05, 4.69) is 10.3 Å². The van der Waals surface area contributed by atoms with Crippen molar-refractivity contribution in [1.82, 2.24) is 15.2 Å². The van der Waals surface area contributed by atoms with Crippen molar-refractivity contribution in [2.75, 3.05) is 13.1 Å². The molecule has 0 saturated carbocycles. The predicted octanol–water partition coefficient (Wildman–Crippen LogP) is 1.62. The molecule has 2 aromatic heterocycles. The summed E-state index contributed by atoms with van der Waals surface area (Å²) >= 11 is 0. The van der Waals surface area contributed by atoms with Crippen LogP contribution in [0.3, 0.4) is 0 Å². The molecule has 3 rings (SSSR count). The van der Waals surface area contributed by atoms with Gasteiger partial charge in [-0.1, -0.05) is 0 Å². The predicted molar refractivity (Wildman–Crippen MR) is 91.6 cm³/mol. The van der Waals surface area contributed by atoms with Crippen molar-refractivity contribution in [2.24, 2.45) is 0 Å². The smallest absolute Gasteiger partial charge is 0.289 e. The zero-order chi connectivity index (χ0) is 18.0. The molecule has 0 spiro atoms. The molecule has 0 aromatic carbocycles. The first-order valence-electron chi connectivity index (χ1n) is 8.30. The minimum Gasteiger partial charge on any atom is -0.459 e. The Morgan fingerprint density at radius 1 is 1.36 bits per heavy atom. The molecule has 7 heteroatoms. The molecule has 1 aliphatic heterocycles. The van der Waals surface area contributed by atoms with Crippen molar-refractivity contribution in [2.45, 2.75) is 32.7 Å². The fraction of sp³-hybridized carbons (Fsp3) is 0.389. The molecule has 0 bridgehead atoms. The summed E-state index contributed by atoms with van der Waals surface area (Å²) in [7, 11) is 0. The van der Waals surface area contributed by atoms with Gasteiger partial charge in [0.25, 0.3) is 17.4 Å². The Balaban J connectivity index is 1.70. The van der Waals surface area contributed by atoms with E-state index in [4.69, 9.17) is 4.42 Å². The largest absolute Gasteiger partial charge is 0.459 e. The van der Waals surface area contributed by atoms with Crippen molar-refractivity contribution in [1.29, 1.82) is 0 Å². The van der Waals surface area contributed by atoms with Crippen molar-refractivity contribution in [3.05, 3.63) is 57.4 Å². The fourth-order valence-electron chi connectivity index (χ4n) is 3.23. The number of nitrogens with zero attached hydrogens (tertiary/aromatic N) is 1. The van der Waals surface area contributed by atoms with Gasteiger partial charge >= 0.3 is 0 Å². The number of aromatic nitrogens is 1. The van der Waals surface area contributed by atoms with E-state index in [1.165, 1.54) is 6.26 Å². The average Bonchev–Trinajstić information content (AvgIpc) is 3.07. The molecule has 0 radical (unpaired) electrons. The van der Waals surface area contributed by atoms with Crippen molar-refractivity contribution in [3.63, 3.8) is 0 Å². The van der Waals surface area contributed by atoms with Crippen molar-refractivity contribution < 1.29 is 14.0 Å². The van der Waals surface area contributed by atoms with E-state index in [1.807, 2.05) is 0 Å². The lowest BCUT2D eigenvalue weighted by Gasteiger charge is -2.32. The first-order valence-corrected chi connectivity index (χ1v) is 8.30. The van der Waals surface area contributed by atoms with Gasteiger partial charge in [-0.05, 0) is 50.5 Å². The lowest BCUT2D eigenvalue weighted by atomic mass is 10.0. The molecule has 0 aliphatic carbocycles. The molecule has 1 atom stereocenters. The third-order valence-electron chi connectivity index (χ3n) is 4.37. The number of pyridine rings is 1. The van der Waals surface area contributed by atoms with Crippen LogP contribution in [-0.2, 0) is 0 Å². The summed E-state index contributed by atoms with van der Waals surface area (Å²) in [5, 5.41) is 2.88. The highest BCUT2D eigenvalue weighted by molar-refractivity contribution is 5.95. The third-order valence-corrected chi connectivity index (χ3v) is 4.37. The normalized spacial score (nSPS) is 17.4. The van der Waals surface area contributed by atoms with Crippen LogP contribution in [0.2, 0.25) is 0 Å². The first kappa shape index (κ1) is 17.0. The second-order valence-electron chi connectivity index (χ2n) is 6.38. The number of carbonyl (C=O) groups is 2. The van der Waals surface area contributed by atoms with Gasteiger partial charge in [-0.2, -0.15) is 0 Å². The molecule has 2 aromatic rings. The number of amides is 2. The Morgan fingerprint density at radius 3 is 2.84 bits per heavy atom. The van der Waals surface area contributed by atoms with Crippen LogP contribution in [0.15, 0.2) is 33.7 Å². The molecule has 1 aliphatic rings. The van der Waals surface area contributed by atoms with Crippen LogP contribution in [0.4, 0.5) is 0 Å². The lowest BCUT2D eigenvalue weighted by molar-refractivity contribution is 0.0646. The number of hydrogen-bond donors (Lipinski definition) is 2. The fourth-order valence-corrected chi connectivity index (χ4v) is 3.23. The molecule has 132 valence electrons. The summed E-state index contributed by atoms with van der Waals surface area (Å²) in [5.41, 5.74) is 1.08. The van der Waals surface area contributed by atoms with E-state index in [0.717, 1.165) is 12.8 Å². The number of hydrogen-bond acceptors (Lipinski definition) is 4. The highest BCUT2D eigenvalue weighted by Crippen LogP contribution is 2.15. The number of likely N-dealkylation sites (tertiary alicyclic amines) is 1. The SMILES string of the molecule is Cc1cc(C)c(C(=O)N[C@@H]2CCCN(C(=O)c3ccco3)C2)c(=O)[nH]1. The summed E-state index contributed by atoms with van der Waals surface area (Å²) in [5.74, 6) is -0.304. The van der Waals surface area contributed by atoms with Crippen LogP contribution in [0.5, 0.6) is 0 Å². The van der Waals surface area contributed by atoms with Crippen LogP contribution in [0.1, 0.15) is 45.0 Å². The minimum absolute atomic E-state index is 0.125. The van der Waals surface area contributed by atoms with E-state index in [1.54, 1.807) is 36.9 Å². The number of rotatable bonds is 3. The van der Waals surface area contributed by atoms with Gasteiger partial charge in [-0.25, -0.2) is 0 Å². The van der Waals surface area contributed by atoms with Crippen LogP contribution in [0, 0.1) is 13.8 Å². The van der Waals surface area contributed by atoms with Gasteiger partial charge in [-0.3, -0.25) is 14.4 Å². The Labute approximate surface area is 145 Å². The highest BCUT2D eigenvalue weighted by atomic mass is 16.3. The van der Waals surface area contributed by atoms with Crippen LogP contribution in [0.25, 0.3) is 0 Å². The second-order valence-corrected chi connectivity index (χ2v) is 6.38. The van der Waals surface area contributed by atoms with E-state index in [0.29, 0.717) is 24.3 Å². The van der Waals surface area contributed by atoms with E-state index in [9.17, 15) is 14.4 Å². The van der Waals surface area contributed by atoms with Crippen LogP contribution >= 0.6 is 0 Å². The molecule has 3 heterocycles. The number of aryl methyl sites for hydroxylation is 2. The summed E-state index contributed by atoms with van der Waals surface area (Å²) in [6, 6.07) is 4.87. The minimum atomic E-state index is -0.406. The molecule has 1 fully saturated rings. The molecular weight excluding hydrogens is 322 g/mol. The Hall–Kier alpha value is -2.83. The zero-order valence-electron chi connectivity index (χ0n) is 14.3.